The van der Waals surface area contributed by atoms with E-state index in [1.807, 2.05) is 6.92 Å². The Labute approximate surface area is 165 Å². The van der Waals surface area contributed by atoms with Crippen LogP contribution in [0.3, 0.4) is 0 Å². The lowest BCUT2D eigenvalue weighted by atomic mass is 10.2. The van der Waals surface area contributed by atoms with Crippen molar-refractivity contribution < 1.29 is 22.7 Å². The molecule has 1 aromatic carbocycles. The SMILES string of the molecule is CC1CN(C(=O)c2cnn(-c3cccc(C(F)(F)F)c3)c2-n2cccc2)CCO1. The lowest BCUT2D eigenvalue weighted by Gasteiger charge is -2.31. The number of amides is 1. The van der Waals surface area contributed by atoms with Gasteiger partial charge in [0.1, 0.15) is 5.56 Å². The van der Waals surface area contributed by atoms with Gasteiger partial charge in [0.15, 0.2) is 5.82 Å². The predicted octanol–water partition coefficient (Wildman–Crippen LogP) is 3.54. The van der Waals surface area contributed by atoms with Crippen LogP contribution >= 0.6 is 0 Å². The number of hydrogen-bond acceptors (Lipinski definition) is 3. The van der Waals surface area contributed by atoms with E-state index in [-0.39, 0.29) is 17.7 Å². The summed E-state index contributed by atoms with van der Waals surface area (Å²) in [6, 6.07) is 8.42. The number of rotatable bonds is 3. The monoisotopic (exact) mass is 404 g/mol. The van der Waals surface area contributed by atoms with Crippen molar-refractivity contribution in [2.75, 3.05) is 19.7 Å². The van der Waals surface area contributed by atoms with Gasteiger partial charge in [-0.15, -0.1) is 0 Å². The van der Waals surface area contributed by atoms with Gasteiger partial charge in [-0.05, 0) is 37.3 Å². The molecular weight excluding hydrogens is 385 g/mol. The van der Waals surface area contributed by atoms with Crippen molar-refractivity contribution in [1.29, 1.82) is 0 Å². The molecular formula is C20H19F3N4O2. The minimum absolute atomic E-state index is 0.0822. The molecule has 4 rings (SSSR count). The van der Waals surface area contributed by atoms with Crippen molar-refractivity contribution in [3.8, 4) is 11.5 Å². The Kier molecular flexibility index (Phi) is 4.91. The molecule has 0 spiro atoms. The van der Waals surface area contributed by atoms with Gasteiger partial charge in [-0.3, -0.25) is 4.79 Å². The van der Waals surface area contributed by atoms with E-state index >= 15 is 0 Å². The van der Waals surface area contributed by atoms with Crippen LogP contribution in [0.1, 0.15) is 22.8 Å². The lowest BCUT2D eigenvalue weighted by Crippen LogP contribution is -2.44. The number of alkyl halides is 3. The molecule has 1 amide bonds. The highest BCUT2D eigenvalue weighted by molar-refractivity contribution is 5.97. The summed E-state index contributed by atoms with van der Waals surface area (Å²) in [4.78, 5) is 14.8. The minimum Gasteiger partial charge on any atom is -0.375 e. The average molecular weight is 404 g/mol. The van der Waals surface area contributed by atoms with E-state index in [9.17, 15) is 18.0 Å². The first-order valence-corrected chi connectivity index (χ1v) is 9.14. The van der Waals surface area contributed by atoms with Gasteiger partial charge < -0.3 is 14.2 Å². The topological polar surface area (TPSA) is 52.3 Å². The van der Waals surface area contributed by atoms with Crippen molar-refractivity contribution in [3.05, 3.63) is 66.1 Å². The summed E-state index contributed by atoms with van der Waals surface area (Å²) >= 11 is 0. The third-order valence-electron chi connectivity index (χ3n) is 4.77. The molecule has 152 valence electrons. The number of ether oxygens (including phenoxy) is 1. The van der Waals surface area contributed by atoms with Gasteiger partial charge >= 0.3 is 6.18 Å². The molecule has 1 aliphatic heterocycles. The van der Waals surface area contributed by atoms with E-state index in [4.69, 9.17) is 4.74 Å². The van der Waals surface area contributed by atoms with Crippen LogP contribution in [0.25, 0.3) is 11.5 Å². The van der Waals surface area contributed by atoms with Crippen LogP contribution in [0.15, 0.2) is 55.0 Å². The smallest absolute Gasteiger partial charge is 0.375 e. The molecule has 0 aliphatic carbocycles. The molecule has 3 aromatic rings. The van der Waals surface area contributed by atoms with Crippen molar-refractivity contribution in [2.24, 2.45) is 0 Å². The Balaban J connectivity index is 1.80. The van der Waals surface area contributed by atoms with Gasteiger partial charge in [0.25, 0.3) is 5.91 Å². The number of aromatic nitrogens is 3. The largest absolute Gasteiger partial charge is 0.416 e. The minimum atomic E-state index is -4.47. The Morgan fingerprint density at radius 2 is 1.97 bits per heavy atom. The van der Waals surface area contributed by atoms with E-state index in [0.717, 1.165) is 12.1 Å². The standard InChI is InChI=1S/C20H19F3N4O2/c1-14-13-26(9-10-29-14)19(28)17-12-24-27(18(17)25-7-2-3-8-25)16-6-4-5-15(11-16)20(21,22)23/h2-8,11-12,14H,9-10,13H2,1H3. The maximum atomic E-state index is 13.2. The molecule has 2 aromatic heterocycles. The first kappa shape index (κ1) is 19.3. The van der Waals surface area contributed by atoms with Crippen molar-refractivity contribution in [1.82, 2.24) is 19.2 Å². The van der Waals surface area contributed by atoms with E-state index in [0.29, 0.717) is 31.1 Å². The number of benzene rings is 1. The number of carbonyl (C=O) groups is 1. The van der Waals surface area contributed by atoms with E-state index in [2.05, 4.69) is 5.10 Å². The summed E-state index contributed by atoms with van der Waals surface area (Å²) in [6.45, 7) is 3.22. The summed E-state index contributed by atoms with van der Waals surface area (Å²) in [5.74, 6) is 0.153. The van der Waals surface area contributed by atoms with Crippen LogP contribution < -0.4 is 0 Å². The molecule has 0 saturated carbocycles. The molecule has 0 radical (unpaired) electrons. The molecule has 1 saturated heterocycles. The number of morpholine rings is 1. The van der Waals surface area contributed by atoms with Crippen LogP contribution in [0.4, 0.5) is 13.2 Å². The molecule has 9 heteroatoms. The van der Waals surface area contributed by atoms with Gasteiger partial charge in [-0.25, -0.2) is 4.68 Å². The van der Waals surface area contributed by atoms with Crippen LogP contribution in [0, 0.1) is 0 Å². The van der Waals surface area contributed by atoms with E-state index < -0.39 is 11.7 Å². The van der Waals surface area contributed by atoms with Gasteiger partial charge in [0.2, 0.25) is 0 Å². The second-order valence-electron chi connectivity index (χ2n) is 6.86. The van der Waals surface area contributed by atoms with Crippen molar-refractivity contribution in [3.63, 3.8) is 0 Å². The highest BCUT2D eigenvalue weighted by Gasteiger charge is 2.32. The number of nitrogens with zero attached hydrogens (tertiary/aromatic N) is 4. The number of carbonyl (C=O) groups excluding carboxylic acids is 1. The fraction of sp³-hybridized carbons (Fsp3) is 0.300. The zero-order valence-electron chi connectivity index (χ0n) is 15.6. The lowest BCUT2D eigenvalue weighted by molar-refractivity contribution is -0.137. The summed E-state index contributed by atoms with van der Waals surface area (Å²) in [5, 5.41) is 4.25. The Morgan fingerprint density at radius 3 is 2.66 bits per heavy atom. The highest BCUT2D eigenvalue weighted by atomic mass is 19.4. The van der Waals surface area contributed by atoms with Crippen LogP contribution in [-0.4, -0.2) is 51.0 Å². The summed E-state index contributed by atoms with van der Waals surface area (Å²) in [6.07, 6.45) is 0.290. The molecule has 0 bridgehead atoms. The number of halogens is 3. The molecule has 1 fully saturated rings. The van der Waals surface area contributed by atoms with Gasteiger partial charge in [0, 0.05) is 25.5 Å². The molecule has 3 heterocycles. The summed E-state index contributed by atoms with van der Waals surface area (Å²) in [7, 11) is 0. The second-order valence-corrected chi connectivity index (χ2v) is 6.86. The van der Waals surface area contributed by atoms with E-state index in [1.165, 1.54) is 23.0 Å². The zero-order valence-corrected chi connectivity index (χ0v) is 15.6. The Hall–Kier alpha value is -3.07. The second kappa shape index (κ2) is 7.40. The fourth-order valence-corrected chi connectivity index (χ4v) is 3.39. The predicted molar refractivity (Wildman–Crippen MR) is 99.2 cm³/mol. The molecule has 29 heavy (non-hydrogen) atoms. The van der Waals surface area contributed by atoms with Gasteiger partial charge in [-0.1, -0.05) is 6.07 Å². The molecule has 1 atom stereocenters. The Morgan fingerprint density at radius 1 is 1.21 bits per heavy atom. The highest BCUT2D eigenvalue weighted by Crippen LogP contribution is 2.31. The van der Waals surface area contributed by atoms with Crippen LogP contribution in [-0.2, 0) is 10.9 Å². The fourth-order valence-electron chi connectivity index (χ4n) is 3.39. The third kappa shape index (κ3) is 3.77. The van der Waals surface area contributed by atoms with E-state index in [1.54, 1.807) is 34.0 Å². The first-order chi connectivity index (χ1) is 13.8. The maximum Gasteiger partial charge on any atom is 0.416 e. The molecule has 0 N–H and O–H groups in total. The number of hydrogen-bond donors (Lipinski definition) is 0. The quantitative estimate of drug-likeness (QED) is 0.671. The Bertz CT molecular complexity index is 1010. The first-order valence-electron chi connectivity index (χ1n) is 9.14. The molecule has 1 aliphatic rings. The summed E-state index contributed by atoms with van der Waals surface area (Å²) in [5.41, 5.74) is -0.246. The van der Waals surface area contributed by atoms with Gasteiger partial charge in [0.05, 0.1) is 30.2 Å². The van der Waals surface area contributed by atoms with Gasteiger partial charge in [-0.2, -0.15) is 18.3 Å². The normalized spacial score (nSPS) is 17.5. The molecule has 1 unspecified atom stereocenters. The van der Waals surface area contributed by atoms with Crippen molar-refractivity contribution >= 4 is 5.91 Å². The van der Waals surface area contributed by atoms with Crippen LogP contribution in [0.2, 0.25) is 0 Å². The zero-order chi connectivity index (χ0) is 20.6. The average Bonchev–Trinajstić information content (AvgIpc) is 3.36. The molecule has 6 nitrogen and oxygen atoms in total. The summed E-state index contributed by atoms with van der Waals surface area (Å²) < 4.78 is 48.0. The maximum absolute atomic E-state index is 13.2. The van der Waals surface area contributed by atoms with Crippen LogP contribution in [0.5, 0.6) is 0 Å². The third-order valence-corrected chi connectivity index (χ3v) is 4.77. The van der Waals surface area contributed by atoms with Crippen molar-refractivity contribution in [2.45, 2.75) is 19.2 Å².